The molecular formula is C17H28N4O7S. The van der Waals surface area contributed by atoms with E-state index < -0.39 is 11.9 Å². The summed E-state index contributed by atoms with van der Waals surface area (Å²) in [6, 6.07) is 0. The normalized spacial score (nSPS) is 15.5. The second kappa shape index (κ2) is 12.3. The van der Waals surface area contributed by atoms with Gasteiger partial charge in [-0.25, -0.2) is 9.59 Å². The molecule has 164 valence electrons. The number of aliphatic carboxylic acids is 2. The molecule has 29 heavy (non-hydrogen) atoms. The number of carboxylic acid groups (broad SMARTS) is 2. The van der Waals surface area contributed by atoms with E-state index in [1.165, 1.54) is 0 Å². The van der Waals surface area contributed by atoms with Crippen molar-refractivity contribution in [2.24, 2.45) is 0 Å². The van der Waals surface area contributed by atoms with E-state index in [0.29, 0.717) is 37.8 Å². The van der Waals surface area contributed by atoms with Crippen LogP contribution in [0.25, 0.3) is 0 Å². The highest BCUT2D eigenvalue weighted by molar-refractivity contribution is 6.99. The van der Waals surface area contributed by atoms with Crippen LogP contribution in [-0.4, -0.2) is 87.1 Å². The van der Waals surface area contributed by atoms with Gasteiger partial charge in [0.15, 0.2) is 0 Å². The van der Waals surface area contributed by atoms with Crippen LogP contribution in [0.4, 0.5) is 5.82 Å². The molecule has 0 spiro atoms. The fourth-order valence-corrected chi connectivity index (χ4v) is 2.59. The number of nitrogens with zero attached hydrogens (tertiary/aromatic N) is 3. The Morgan fingerprint density at radius 2 is 1.83 bits per heavy atom. The maximum Gasteiger partial charge on any atom is 0.328 e. The Bertz CT molecular complexity index is 653. The molecule has 1 unspecified atom stereocenters. The third kappa shape index (κ3) is 10.7. The first kappa shape index (κ1) is 24.8. The van der Waals surface area contributed by atoms with Gasteiger partial charge in [-0.3, -0.25) is 0 Å². The minimum Gasteiger partial charge on any atom is -0.478 e. The summed E-state index contributed by atoms with van der Waals surface area (Å²) in [7, 11) is 0. The third-order valence-corrected chi connectivity index (χ3v) is 3.97. The van der Waals surface area contributed by atoms with Crippen LogP contribution < -0.4 is 15.0 Å². The van der Waals surface area contributed by atoms with Gasteiger partial charge in [-0.2, -0.15) is 4.37 Å². The van der Waals surface area contributed by atoms with Crippen molar-refractivity contribution in [2.75, 3.05) is 44.4 Å². The van der Waals surface area contributed by atoms with Gasteiger partial charge in [0.1, 0.15) is 6.10 Å². The summed E-state index contributed by atoms with van der Waals surface area (Å²) in [6.07, 6.45) is 0.776. The molecule has 1 aliphatic heterocycles. The fourth-order valence-electron chi connectivity index (χ4n) is 2.08. The minimum absolute atomic E-state index is 0.0237. The Balaban J connectivity index is 0.000000447. The molecule has 0 bridgehead atoms. The van der Waals surface area contributed by atoms with Crippen molar-refractivity contribution in [3.05, 3.63) is 12.2 Å². The fraction of sp³-hybridized carbons (Fsp3) is 0.647. The van der Waals surface area contributed by atoms with E-state index in [1.807, 2.05) is 0 Å². The molecular weight excluding hydrogens is 404 g/mol. The first-order valence-corrected chi connectivity index (χ1v) is 9.67. The van der Waals surface area contributed by atoms with Crippen LogP contribution in [0.3, 0.4) is 0 Å². The lowest BCUT2D eigenvalue weighted by Gasteiger charge is -2.28. The molecule has 1 aliphatic rings. The van der Waals surface area contributed by atoms with Crippen LogP contribution in [0.2, 0.25) is 0 Å². The molecule has 4 N–H and O–H groups in total. The maximum atomic E-state index is 9.55. The van der Waals surface area contributed by atoms with Crippen LogP contribution in [-0.2, 0) is 14.3 Å². The van der Waals surface area contributed by atoms with E-state index in [-0.39, 0.29) is 18.2 Å². The van der Waals surface area contributed by atoms with Gasteiger partial charge in [0.2, 0.25) is 5.82 Å². The lowest BCUT2D eigenvalue weighted by atomic mass is 10.1. The van der Waals surface area contributed by atoms with Crippen LogP contribution in [0, 0.1) is 0 Å². The van der Waals surface area contributed by atoms with E-state index in [2.05, 4.69) is 39.7 Å². The van der Waals surface area contributed by atoms with Crippen molar-refractivity contribution >= 4 is 29.5 Å². The highest BCUT2D eigenvalue weighted by Crippen LogP contribution is 2.27. The summed E-state index contributed by atoms with van der Waals surface area (Å²) < 4.78 is 19.7. The molecule has 12 heteroatoms. The number of carbonyl (C=O) groups is 2. The maximum absolute atomic E-state index is 9.55. The number of hydrogen-bond acceptors (Lipinski definition) is 10. The molecule has 1 atom stereocenters. The Morgan fingerprint density at radius 3 is 2.31 bits per heavy atom. The molecule has 0 aliphatic carbocycles. The van der Waals surface area contributed by atoms with Crippen LogP contribution in [0.1, 0.15) is 20.8 Å². The summed E-state index contributed by atoms with van der Waals surface area (Å²) in [6.45, 7) is 9.65. The zero-order chi connectivity index (χ0) is 21.9. The van der Waals surface area contributed by atoms with Gasteiger partial charge in [-0.1, -0.05) is 0 Å². The van der Waals surface area contributed by atoms with Crippen molar-refractivity contribution in [1.29, 1.82) is 0 Å². The number of aliphatic hydroxyl groups excluding tert-OH is 1. The average Bonchev–Trinajstić information content (AvgIpc) is 3.12. The zero-order valence-corrected chi connectivity index (χ0v) is 17.5. The Morgan fingerprint density at radius 1 is 1.24 bits per heavy atom. The smallest absolute Gasteiger partial charge is 0.328 e. The molecule has 0 aromatic carbocycles. The Hall–Kier alpha value is -2.28. The standard InChI is InChI=1S/C13H24N4O3S.C4H4O4/c1-13(2,3)14-8-10(9-18)20-12-11(15-21-16-12)17-4-6-19-7-5-17;5-3(6)1-2-4(7)8/h10,14,18H,4-9H2,1-3H3;1-2H,(H,5,6)(H,7,8)/b;2-1-. The van der Waals surface area contributed by atoms with E-state index in [0.717, 1.165) is 30.6 Å². The SMILES string of the molecule is CC(C)(C)NCC(CO)Oc1nsnc1N1CCOCC1.O=C(O)/C=C\C(=O)O. The van der Waals surface area contributed by atoms with E-state index in [4.69, 9.17) is 19.7 Å². The Labute approximate surface area is 173 Å². The number of ether oxygens (including phenoxy) is 2. The minimum atomic E-state index is -1.26. The topological polar surface area (TPSA) is 154 Å². The third-order valence-electron chi connectivity index (χ3n) is 3.46. The molecule has 0 saturated carbocycles. The van der Waals surface area contributed by atoms with Gasteiger partial charge >= 0.3 is 11.9 Å². The number of aromatic nitrogens is 2. The van der Waals surface area contributed by atoms with Crippen molar-refractivity contribution in [3.8, 4) is 5.88 Å². The molecule has 0 radical (unpaired) electrons. The highest BCUT2D eigenvalue weighted by Gasteiger charge is 2.23. The second-order valence-corrected chi connectivity index (χ2v) is 7.58. The molecule has 0 amide bonds. The Kier molecular flexibility index (Phi) is 10.5. The number of aliphatic hydroxyl groups is 1. The monoisotopic (exact) mass is 432 g/mol. The van der Waals surface area contributed by atoms with Gasteiger partial charge in [0.05, 0.1) is 31.5 Å². The van der Waals surface area contributed by atoms with Crippen LogP contribution in [0.15, 0.2) is 12.2 Å². The van der Waals surface area contributed by atoms with Gasteiger partial charge in [0.25, 0.3) is 5.88 Å². The van der Waals surface area contributed by atoms with Gasteiger partial charge in [0, 0.05) is 37.3 Å². The predicted molar refractivity (Wildman–Crippen MR) is 107 cm³/mol. The molecule has 11 nitrogen and oxygen atoms in total. The lowest BCUT2D eigenvalue weighted by molar-refractivity contribution is -0.134. The van der Waals surface area contributed by atoms with Crippen molar-refractivity contribution in [2.45, 2.75) is 32.4 Å². The summed E-state index contributed by atoms with van der Waals surface area (Å²) >= 11 is 1.13. The van der Waals surface area contributed by atoms with Gasteiger partial charge in [-0.05, 0) is 20.8 Å². The average molecular weight is 432 g/mol. The summed E-state index contributed by atoms with van der Waals surface area (Å²) in [5.74, 6) is -1.27. The summed E-state index contributed by atoms with van der Waals surface area (Å²) in [4.78, 5) is 21.2. The first-order valence-electron chi connectivity index (χ1n) is 8.94. The van der Waals surface area contributed by atoms with Crippen molar-refractivity contribution in [1.82, 2.24) is 14.1 Å². The molecule has 1 aromatic heterocycles. The quantitative estimate of drug-likeness (QED) is 0.417. The van der Waals surface area contributed by atoms with Crippen molar-refractivity contribution < 1.29 is 34.4 Å². The second-order valence-electron chi connectivity index (χ2n) is 7.06. The van der Waals surface area contributed by atoms with Crippen LogP contribution in [0.5, 0.6) is 5.88 Å². The molecule has 1 saturated heterocycles. The molecule has 1 aromatic rings. The summed E-state index contributed by atoms with van der Waals surface area (Å²) in [5, 5.41) is 28.4. The van der Waals surface area contributed by atoms with Crippen molar-refractivity contribution in [3.63, 3.8) is 0 Å². The largest absolute Gasteiger partial charge is 0.478 e. The first-order chi connectivity index (χ1) is 13.6. The van der Waals surface area contributed by atoms with E-state index >= 15 is 0 Å². The van der Waals surface area contributed by atoms with Gasteiger partial charge in [-0.15, -0.1) is 4.37 Å². The zero-order valence-electron chi connectivity index (χ0n) is 16.7. The number of rotatable bonds is 8. The molecule has 1 fully saturated rings. The number of nitrogens with one attached hydrogen (secondary N) is 1. The summed E-state index contributed by atoms with van der Waals surface area (Å²) in [5.41, 5.74) is -0.0237. The van der Waals surface area contributed by atoms with E-state index in [1.54, 1.807) is 0 Å². The van der Waals surface area contributed by atoms with E-state index in [9.17, 15) is 14.7 Å². The number of anilines is 1. The number of hydrogen-bond donors (Lipinski definition) is 4. The molecule has 2 rings (SSSR count). The lowest BCUT2D eigenvalue weighted by Crippen LogP contribution is -2.44. The number of carboxylic acids is 2. The van der Waals surface area contributed by atoms with Crippen LogP contribution >= 0.6 is 11.7 Å². The van der Waals surface area contributed by atoms with Gasteiger partial charge < -0.3 is 35.0 Å². The highest BCUT2D eigenvalue weighted by atomic mass is 32.1. The molecule has 2 heterocycles. The number of morpholine rings is 1. The predicted octanol–water partition coefficient (Wildman–Crippen LogP) is 0.214.